The molecule has 0 saturated heterocycles. The quantitative estimate of drug-likeness (QED) is 0.657. The van der Waals surface area contributed by atoms with Gasteiger partial charge in [-0.2, -0.15) is 0 Å². The number of carbonyl (C=O) groups excluding carboxylic acids is 1. The molecule has 4 heteroatoms. The highest BCUT2D eigenvalue weighted by atomic mass is 79.9. The molecule has 80 valence electrons. The van der Waals surface area contributed by atoms with Crippen LogP contribution in [0.5, 0.6) is 0 Å². The number of nitrogens with zero attached hydrogens (tertiary/aromatic N) is 1. The molecule has 0 bridgehead atoms. The van der Waals surface area contributed by atoms with Gasteiger partial charge in [0, 0.05) is 29.8 Å². The number of hydrogen-bond donors (Lipinski definition) is 1. The Hall–Kier alpha value is -1.13. The lowest BCUT2D eigenvalue weighted by Gasteiger charge is -2.17. The molecule has 0 saturated carbocycles. The van der Waals surface area contributed by atoms with Crippen molar-refractivity contribution >= 4 is 22.2 Å². The molecule has 1 aromatic carbocycles. The lowest BCUT2D eigenvalue weighted by atomic mass is 10.1. The summed E-state index contributed by atoms with van der Waals surface area (Å²) in [5.74, 6) is 0. The van der Waals surface area contributed by atoms with Crippen molar-refractivity contribution in [2.45, 2.75) is 6.54 Å². The van der Waals surface area contributed by atoms with Gasteiger partial charge >= 0.3 is 0 Å². The minimum Gasteiger partial charge on any atom is -0.327 e. The van der Waals surface area contributed by atoms with Gasteiger partial charge in [-0.15, -0.1) is 0 Å². The first-order chi connectivity index (χ1) is 7.17. The van der Waals surface area contributed by atoms with Crippen molar-refractivity contribution in [2.24, 2.45) is 0 Å². The SMILES string of the molecule is C=CNN(C)Cc1cc(Br)ccc1C=O. The van der Waals surface area contributed by atoms with E-state index in [4.69, 9.17) is 0 Å². The topological polar surface area (TPSA) is 32.3 Å². The van der Waals surface area contributed by atoms with Crippen LogP contribution in [0.3, 0.4) is 0 Å². The number of carbonyl (C=O) groups is 1. The van der Waals surface area contributed by atoms with Crippen molar-refractivity contribution in [3.05, 3.63) is 46.6 Å². The van der Waals surface area contributed by atoms with Gasteiger partial charge in [0.2, 0.25) is 0 Å². The van der Waals surface area contributed by atoms with Crippen LogP contribution >= 0.6 is 15.9 Å². The summed E-state index contributed by atoms with van der Waals surface area (Å²) >= 11 is 3.38. The summed E-state index contributed by atoms with van der Waals surface area (Å²) in [5, 5.41) is 1.85. The van der Waals surface area contributed by atoms with Gasteiger partial charge in [0.1, 0.15) is 6.29 Å². The van der Waals surface area contributed by atoms with Gasteiger partial charge in [-0.3, -0.25) is 4.79 Å². The second-order valence-corrected chi connectivity index (χ2v) is 4.07. The molecule has 1 aromatic rings. The van der Waals surface area contributed by atoms with Crippen LogP contribution in [0.15, 0.2) is 35.5 Å². The summed E-state index contributed by atoms with van der Waals surface area (Å²) in [4.78, 5) is 10.8. The molecule has 0 heterocycles. The van der Waals surface area contributed by atoms with Gasteiger partial charge in [0.25, 0.3) is 0 Å². The minimum absolute atomic E-state index is 0.638. The molecule has 1 N–H and O–H groups in total. The van der Waals surface area contributed by atoms with Gasteiger partial charge in [0.05, 0.1) is 0 Å². The fourth-order valence-corrected chi connectivity index (χ4v) is 1.69. The molecule has 0 aliphatic rings. The maximum Gasteiger partial charge on any atom is 0.150 e. The van der Waals surface area contributed by atoms with E-state index in [1.54, 1.807) is 12.3 Å². The normalized spacial score (nSPS) is 10.1. The van der Waals surface area contributed by atoms with Crippen molar-refractivity contribution in [2.75, 3.05) is 7.05 Å². The molecule has 0 aliphatic carbocycles. The maximum atomic E-state index is 10.8. The van der Waals surface area contributed by atoms with E-state index in [1.807, 2.05) is 24.2 Å². The fraction of sp³-hybridized carbons (Fsp3) is 0.182. The summed E-state index contributed by atoms with van der Waals surface area (Å²) in [6.07, 6.45) is 2.46. The van der Waals surface area contributed by atoms with Crippen LogP contribution in [0, 0.1) is 0 Å². The van der Waals surface area contributed by atoms with Crippen molar-refractivity contribution in [1.82, 2.24) is 10.4 Å². The van der Waals surface area contributed by atoms with E-state index in [2.05, 4.69) is 27.9 Å². The van der Waals surface area contributed by atoms with E-state index in [-0.39, 0.29) is 0 Å². The molecular formula is C11H13BrN2O. The Bertz CT molecular complexity index is 366. The number of hydrogen-bond acceptors (Lipinski definition) is 3. The molecule has 0 spiro atoms. The van der Waals surface area contributed by atoms with E-state index in [0.29, 0.717) is 12.1 Å². The Balaban J connectivity index is 2.86. The van der Waals surface area contributed by atoms with Crippen LogP contribution in [0.4, 0.5) is 0 Å². The van der Waals surface area contributed by atoms with Gasteiger partial charge in [0.15, 0.2) is 0 Å². The van der Waals surface area contributed by atoms with Crippen LogP contribution in [-0.4, -0.2) is 18.3 Å². The zero-order chi connectivity index (χ0) is 11.3. The van der Waals surface area contributed by atoms with E-state index >= 15 is 0 Å². The molecule has 0 fully saturated rings. The highest BCUT2D eigenvalue weighted by molar-refractivity contribution is 9.10. The molecule has 0 aromatic heterocycles. The third kappa shape index (κ3) is 3.49. The Morgan fingerprint density at radius 1 is 1.60 bits per heavy atom. The molecule has 0 atom stereocenters. The van der Waals surface area contributed by atoms with E-state index in [1.165, 1.54) is 0 Å². The zero-order valence-electron chi connectivity index (χ0n) is 8.53. The molecule has 0 aliphatic heterocycles. The third-order valence-electron chi connectivity index (χ3n) is 1.95. The predicted octanol–water partition coefficient (Wildman–Crippen LogP) is 2.34. The molecule has 0 amide bonds. The van der Waals surface area contributed by atoms with E-state index in [0.717, 1.165) is 16.3 Å². The summed E-state index contributed by atoms with van der Waals surface area (Å²) in [6.45, 7) is 4.21. The fourth-order valence-electron chi connectivity index (χ4n) is 1.28. The summed E-state index contributed by atoms with van der Waals surface area (Å²) in [6, 6.07) is 5.59. The van der Waals surface area contributed by atoms with Crippen LogP contribution < -0.4 is 5.43 Å². The van der Waals surface area contributed by atoms with Crippen molar-refractivity contribution < 1.29 is 4.79 Å². The summed E-state index contributed by atoms with van der Waals surface area (Å²) in [7, 11) is 1.89. The van der Waals surface area contributed by atoms with Gasteiger partial charge in [-0.05, 0) is 17.7 Å². The molecule has 1 rings (SSSR count). The third-order valence-corrected chi connectivity index (χ3v) is 2.44. The van der Waals surface area contributed by atoms with Crippen LogP contribution in [0.1, 0.15) is 15.9 Å². The molecule has 0 radical (unpaired) electrons. The Kier molecular flexibility index (Phi) is 4.52. The number of hydrazine groups is 1. The van der Waals surface area contributed by atoms with Gasteiger partial charge in [-0.25, -0.2) is 5.01 Å². The Morgan fingerprint density at radius 2 is 2.33 bits per heavy atom. The Labute approximate surface area is 97.9 Å². The van der Waals surface area contributed by atoms with Gasteiger partial charge in [-0.1, -0.05) is 28.6 Å². The monoisotopic (exact) mass is 268 g/mol. The highest BCUT2D eigenvalue weighted by Crippen LogP contribution is 2.16. The largest absolute Gasteiger partial charge is 0.327 e. The lowest BCUT2D eigenvalue weighted by Crippen LogP contribution is -2.29. The molecule has 3 nitrogen and oxygen atoms in total. The maximum absolute atomic E-state index is 10.8. The van der Waals surface area contributed by atoms with Crippen molar-refractivity contribution in [1.29, 1.82) is 0 Å². The number of benzene rings is 1. The second-order valence-electron chi connectivity index (χ2n) is 3.15. The minimum atomic E-state index is 0.638. The van der Waals surface area contributed by atoms with Gasteiger partial charge < -0.3 is 5.43 Å². The first-order valence-electron chi connectivity index (χ1n) is 4.49. The van der Waals surface area contributed by atoms with E-state index in [9.17, 15) is 4.79 Å². The number of rotatable bonds is 5. The average Bonchev–Trinajstić information content (AvgIpc) is 2.18. The Morgan fingerprint density at radius 3 is 2.93 bits per heavy atom. The number of aldehydes is 1. The smallest absolute Gasteiger partial charge is 0.150 e. The van der Waals surface area contributed by atoms with Crippen molar-refractivity contribution in [3.63, 3.8) is 0 Å². The first kappa shape index (κ1) is 11.9. The number of halogens is 1. The van der Waals surface area contributed by atoms with Crippen LogP contribution in [0.25, 0.3) is 0 Å². The lowest BCUT2D eigenvalue weighted by molar-refractivity contribution is 0.112. The predicted molar refractivity (Wildman–Crippen MR) is 64.3 cm³/mol. The summed E-state index contributed by atoms with van der Waals surface area (Å²) in [5.41, 5.74) is 4.60. The number of nitrogens with one attached hydrogen (secondary N) is 1. The highest BCUT2D eigenvalue weighted by Gasteiger charge is 2.04. The molecule has 0 unspecified atom stereocenters. The molecule has 15 heavy (non-hydrogen) atoms. The standard InChI is InChI=1S/C11H13BrN2O/c1-3-13-14(2)7-10-6-11(12)5-4-9(10)8-15/h3-6,8,13H,1,7H2,2H3. The van der Waals surface area contributed by atoms with E-state index < -0.39 is 0 Å². The van der Waals surface area contributed by atoms with Crippen molar-refractivity contribution in [3.8, 4) is 0 Å². The zero-order valence-corrected chi connectivity index (χ0v) is 10.1. The second kappa shape index (κ2) is 5.68. The average molecular weight is 269 g/mol. The van der Waals surface area contributed by atoms with Crippen LogP contribution in [-0.2, 0) is 6.54 Å². The van der Waals surface area contributed by atoms with Crippen LogP contribution in [0.2, 0.25) is 0 Å². The first-order valence-corrected chi connectivity index (χ1v) is 5.28. The molecular weight excluding hydrogens is 256 g/mol. The summed E-state index contributed by atoms with van der Waals surface area (Å²) < 4.78 is 0.968.